The SMILES string of the molecule is CC1(c2ccc(F)cc2)CCN(Cc2ccn3nccc3c2)C1. The van der Waals surface area contributed by atoms with Crippen molar-refractivity contribution in [1.29, 1.82) is 0 Å². The van der Waals surface area contributed by atoms with Gasteiger partial charge in [0.05, 0.1) is 5.52 Å². The third kappa shape index (κ3) is 2.75. The molecule has 1 unspecified atom stereocenters. The summed E-state index contributed by atoms with van der Waals surface area (Å²) in [6.07, 6.45) is 4.94. The monoisotopic (exact) mass is 309 g/mol. The standard InChI is InChI=1S/C19H20FN3/c1-19(16-2-4-17(20)5-3-16)8-11-22(14-19)13-15-7-10-23-18(12-15)6-9-21-23/h2-7,9-10,12H,8,11,13-14H2,1H3. The highest BCUT2D eigenvalue weighted by atomic mass is 19.1. The molecule has 0 bridgehead atoms. The van der Waals surface area contributed by atoms with Crippen molar-refractivity contribution < 1.29 is 4.39 Å². The van der Waals surface area contributed by atoms with E-state index in [2.05, 4.69) is 29.1 Å². The van der Waals surface area contributed by atoms with Gasteiger partial charge in [0.1, 0.15) is 5.82 Å². The number of fused-ring (bicyclic) bond motifs is 1. The van der Waals surface area contributed by atoms with Gasteiger partial charge in [0, 0.05) is 30.9 Å². The molecule has 1 aliphatic heterocycles. The van der Waals surface area contributed by atoms with Crippen molar-refractivity contribution in [2.75, 3.05) is 13.1 Å². The number of hydrogen-bond donors (Lipinski definition) is 0. The van der Waals surface area contributed by atoms with E-state index in [0.29, 0.717) is 0 Å². The topological polar surface area (TPSA) is 20.5 Å². The average molecular weight is 309 g/mol. The summed E-state index contributed by atoms with van der Waals surface area (Å²) >= 11 is 0. The van der Waals surface area contributed by atoms with Crippen molar-refractivity contribution >= 4 is 5.52 Å². The quantitative estimate of drug-likeness (QED) is 0.736. The van der Waals surface area contributed by atoms with E-state index in [1.54, 1.807) is 12.1 Å². The Balaban J connectivity index is 1.50. The lowest BCUT2D eigenvalue weighted by Crippen LogP contribution is -2.28. The van der Waals surface area contributed by atoms with Crippen LogP contribution >= 0.6 is 0 Å². The van der Waals surface area contributed by atoms with Gasteiger partial charge < -0.3 is 0 Å². The molecule has 1 atom stereocenters. The van der Waals surface area contributed by atoms with E-state index >= 15 is 0 Å². The number of nitrogens with zero attached hydrogens (tertiary/aromatic N) is 3. The highest BCUT2D eigenvalue weighted by molar-refractivity contribution is 5.47. The maximum atomic E-state index is 13.1. The second-order valence-electron chi connectivity index (χ2n) is 6.76. The number of rotatable bonds is 3. The lowest BCUT2D eigenvalue weighted by molar-refractivity contribution is 0.309. The molecule has 0 aliphatic carbocycles. The first-order chi connectivity index (χ1) is 11.1. The second-order valence-corrected chi connectivity index (χ2v) is 6.76. The summed E-state index contributed by atoms with van der Waals surface area (Å²) in [6.45, 7) is 5.29. The second kappa shape index (κ2) is 5.46. The first-order valence-corrected chi connectivity index (χ1v) is 8.03. The van der Waals surface area contributed by atoms with Gasteiger partial charge in [-0.3, -0.25) is 4.90 Å². The number of likely N-dealkylation sites (tertiary alicyclic amines) is 1. The molecule has 4 heteroatoms. The molecule has 0 N–H and O–H groups in total. The molecule has 3 aromatic rings. The smallest absolute Gasteiger partial charge is 0.123 e. The third-order valence-electron chi connectivity index (χ3n) is 4.96. The van der Waals surface area contributed by atoms with Gasteiger partial charge >= 0.3 is 0 Å². The molecule has 3 nitrogen and oxygen atoms in total. The first-order valence-electron chi connectivity index (χ1n) is 8.03. The molecule has 1 aliphatic rings. The van der Waals surface area contributed by atoms with Gasteiger partial charge in [-0.05, 0) is 54.4 Å². The minimum atomic E-state index is -0.165. The largest absolute Gasteiger partial charge is 0.298 e. The molecular formula is C19H20FN3. The lowest BCUT2D eigenvalue weighted by Gasteiger charge is -2.25. The average Bonchev–Trinajstić information content (AvgIpc) is 3.15. The van der Waals surface area contributed by atoms with Crippen LogP contribution in [0.1, 0.15) is 24.5 Å². The van der Waals surface area contributed by atoms with Gasteiger partial charge in [0.2, 0.25) is 0 Å². The van der Waals surface area contributed by atoms with Crippen LogP contribution in [-0.2, 0) is 12.0 Å². The lowest BCUT2D eigenvalue weighted by atomic mass is 9.82. The van der Waals surface area contributed by atoms with E-state index in [1.165, 1.54) is 11.1 Å². The fraction of sp³-hybridized carbons (Fsp3) is 0.316. The summed E-state index contributed by atoms with van der Waals surface area (Å²) in [4.78, 5) is 2.48. The number of halogens is 1. The number of hydrogen-bond acceptors (Lipinski definition) is 2. The Bertz CT molecular complexity index is 824. The molecule has 3 heterocycles. The Kier molecular flexibility index (Phi) is 3.42. The van der Waals surface area contributed by atoms with Crippen molar-refractivity contribution in [3.8, 4) is 0 Å². The van der Waals surface area contributed by atoms with Gasteiger partial charge in [0.25, 0.3) is 0 Å². The minimum Gasteiger partial charge on any atom is -0.298 e. The summed E-state index contributed by atoms with van der Waals surface area (Å²) in [5, 5.41) is 4.23. The van der Waals surface area contributed by atoms with E-state index in [-0.39, 0.29) is 11.2 Å². The highest BCUT2D eigenvalue weighted by Crippen LogP contribution is 2.34. The van der Waals surface area contributed by atoms with Crippen LogP contribution in [0.25, 0.3) is 5.52 Å². The van der Waals surface area contributed by atoms with E-state index in [9.17, 15) is 4.39 Å². The number of benzene rings is 1. The van der Waals surface area contributed by atoms with Crippen LogP contribution in [0, 0.1) is 5.82 Å². The molecule has 1 saturated heterocycles. The zero-order chi connectivity index (χ0) is 15.9. The Hall–Kier alpha value is -2.20. The van der Waals surface area contributed by atoms with Crippen LogP contribution in [0.3, 0.4) is 0 Å². The Labute approximate surface area is 135 Å². The van der Waals surface area contributed by atoms with Gasteiger partial charge in [-0.15, -0.1) is 0 Å². The third-order valence-corrected chi connectivity index (χ3v) is 4.96. The maximum absolute atomic E-state index is 13.1. The summed E-state index contributed by atoms with van der Waals surface area (Å²) < 4.78 is 15.0. The normalized spacial score (nSPS) is 22.0. The van der Waals surface area contributed by atoms with Gasteiger partial charge in [-0.25, -0.2) is 8.91 Å². The fourth-order valence-electron chi connectivity index (χ4n) is 3.60. The van der Waals surface area contributed by atoms with Crippen LogP contribution in [0.5, 0.6) is 0 Å². The zero-order valence-corrected chi connectivity index (χ0v) is 13.2. The molecule has 118 valence electrons. The van der Waals surface area contributed by atoms with Crippen molar-refractivity contribution in [2.45, 2.75) is 25.3 Å². The molecule has 1 aromatic carbocycles. The maximum Gasteiger partial charge on any atom is 0.123 e. The molecule has 23 heavy (non-hydrogen) atoms. The summed E-state index contributed by atoms with van der Waals surface area (Å²) in [5.41, 5.74) is 3.77. The zero-order valence-electron chi connectivity index (χ0n) is 13.2. The summed E-state index contributed by atoms with van der Waals surface area (Å²) in [5.74, 6) is -0.165. The Morgan fingerprint density at radius 1 is 1.17 bits per heavy atom. The highest BCUT2D eigenvalue weighted by Gasteiger charge is 2.35. The van der Waals surface area contributed by atoms with E-state index in [1.807, 2.05) is 35.1 Å². The summed E-state index contributed by atoms with van der Waals surface area (Å²) in [6, 6.07) is 13.3. The van der Waals surface area contributed by atoms with Crippen molar-refractivity contribution in [3.05, 3.63) is 71.8 Å². The van der Waals surface area contributed by atoms with Gasteiger partial charge in [-0.1, -0.05) is 19.1 Å². The minimum absolute atomic E-state index is 0.106. The number of aromatic nitrogens is 2. The van der Waals surface area contributed by atoms with Crippen LogP contribution < -0.4 is 0 Å². The van der Waals surface area contributed by atoms with Crippen molar-refractivity contribution in [3.63, 3.8) is 0 Å². The molecule has 1 fully saturated rings. The predicted molar refractivity (Wildman–Crippen MR) is 88.8 cm³/mol. The fourth-order valence-corrected chi connectivity index (χ4v) is 3.60. The van der Waals surface area contributed by atoms with Crippen LogP contribution in [0.4, 0.5) is 4.39 Å². The van der Waals surface area contributed by atoms with Crippen LogP contribution in [-0.4, -0.2) is 27.6 Å². The number of pyridine rings is 1. The van der Waals surface area contributed by atoms with E-state index in [4.69, 9.17) is 0 Å². The molecule has 2 aromatic heterocycles. The molecular weight excluding hydrogens is 289 g/mol. The van der Waals surface area contributed by atoms with Crippen LogP contribution in [0.15, 0.2) is 54.9 Å². The molecule has 0 saturated carbocycles. The van der Waals surface area contributed by atoms with Crippen LogP contribution in [0.2, 0.25) is 0 Å². The molecule has 4 rings (SSSR count). The Morgan fingerprint density at radius 3 is 2.83 bits per heavy atom. The van der Waals surface area contributed by atoms with Crippen molar-refractivity contribution in [2.24, 2.45) is 0 Å². The van der Waals surface area contributed by atoms with E-state index < -0.39 is 0 Å². The molecule has 0 amide bonds. The molecule has 0 radical (unpaired) electrons. The summed E-state index contributed by atoms with van der Waals surface area (Å²) in [7, 11) is 0. The molecule has 0 spiro atoms. The van der Waals surface area contributed by atoms with E-state index in [0.717, 1.165) is 31.6 Å². The van der Waals surface area contributed by atoms with Crippen molar-refractivity contribution in [1.82, 2.24) is 14.5 Å². The Morgan fingerprint density at radius 2 is 2.00 bits per heavy atom. The first kappa shape index (κ1) is 14.4. The predicted octanol–water partition coefficient (Wildman–Crippen LogP) is 3.64. The van der Waals surface area contributed by atoms with Gasteiger partial charge in [-0.2, -0.15) is 5.10 Å². The van der Waals surface area contributed by atoms with Gasteiger partial charge in [0.15, 0.2) is 0 Å².